The molecule has 0 bridgehead atoms. The summed E-state index contributed by atoms with van der Waals surface area (Å²) in [5.74, 6) is -0.173. The van der Waals surface area contributed by atoms with E-state index >= 15 is 0 Å². The number of carbonyl (C=O) groups excluding carboxylic acids is 2. The Morgan fingerprint density at radius 2 is 1.71 bits per heavy atom. The first-order valence-corrected chi connectivity index (χ1v) is 7.30. The lowest BCUT2D eigenvalue weighted by Crippen LogP contribution is -2.16. The Labute approximate surface area is 138 Å². The van der Waals surface area contributed by atoms with Crippen LogP contribution in [0.2, 0.25) is 0 Å². The van der Waals surface area contributed by atoms with Gasteiger partial charge in [-0.2, -0.15) is 0 Å². The van der Waals surface area contributed by atoms with Gasteiger partial charge in [0.25, 0.3) is 5.69 Å². The van der Waals surface area contributed by atoms with Crippen LogP contribution in [0.1, 0.15) is 23.7 Å². The number of hydrogen-bond acceptors (Lipinski definition) is 5. The third kappa shape index (κ3) is 4.64. The molecule has 2 aromatic carbocycles. The van der Waals surface area contributed by atoms with Gasteiger partial charge in [0.15, 0.2) is 5.78 Å². The molecule has 2 rings (SSSR count). The van der Waals surface area contributed by atoms with E-state index in [1.54, 1.807) is 24.3 Å². The highest BCUT2D eigenvalue weighted by Crippen LogP contribution is 2.17. The van der Waals surface area contributed by atoms with Gasteiger partial charge in [0.2, 0.25) is 5.91 Å². The van der Waals surface area contributed by atoms with Gasteiger partial charge in [-0.05, 0) is 43.3 Å². The molecule has 0 radical (unpaired) electrons. The van der Waals surface area contributed by atoms with E-state index in [0.29, 0.717) is 18.0 Å². The first-order chi connectivity index (χ1) is 11.5. The summed E-state index contributed by atoms with van der Waals surface area (Å²) in [5.41, 5.74) is 0.702. The summed E-state index contributed by atoms with van der Waals surface area (Å²) in [6.45, 7) is 2.43. The van der Waals surface area contributed by atoms with Gasteiger partial charge in [-0.3, -0.25) is 19.7 Å². The molecule has 0 heterocycles. The highest BCUT2D eigenvalue weighted by molar-refractivity contribution is 6.11. The fraction of sp³-hybridized carbons (Fsp3) is 0.176. The Bertz CT molecular complexity index is 739. The zero-order valence-corrected chi connectivity index (χ0v) is 13.0. The summed E-state index contributed by atoms with van der Waals surface area (Å²) >= 11 is 0. The van der Waals surface area contributed by atoms with Crippen LogP contribution < -0.4 is 10.1 Å². The van der Waals surface area contributed by atoms with E-state index in [1.165, 1.54) is 24.3 Å². The Balaban J connectivity index is 1.93. The van der Waals surface area contributed by atoms with Crippen molar-refractivity contribution in [3.8, 4) is 5.75 Å². The molecule has 0 aliphatic carbocycles. The number of nitrogens with zero attached hydrogens (tertiary/aromatic N) is 1. The summed E-state index contributed by atoms with van der Waals surface area (Å²) in [7, 11) is 0. The summed E-state index contributed by atoms with van der Waals surface area (Å²) in [6, 6.07) is 11.9. The summed E-state index contributed by atoms with van der Waals surface area (Å²) in [5, 5.41) is 13.2. The third-order valence-electron chi connectivity index (χ3n) is 3.17. The lowest BCUT2D eigenvalue weighted by Gasteiger charge is -2.07. The molecular formula is C17H16N2O5. The van der Waals surface area contributed by atoms with Crippen LogP contribution in [0.5, 0.6) is 5.75 Å². The van der Waals surface area contributed by atoms with Crippen molar-refractivity contribution in [3.63, 3.8) is 0 Å². The van der Waals surface area contributed by atoms with Crippen LogP contribution >= 0.6 is 0 Å². The van der Waals surface area contributed by atoms with Crippen molar-refractivity contribution in [2.75, 3.05) is 11.9 Å². The molecule has 0 saturated carbocycles. The fourth-order valence-corrected chi connectivity index (χ4v) is 2.02. The van der Waals surface area contributed by atoms with Gasteiger partial charge in [-0.1, -0.05) is 0 Å². The van der Waals surface area contributed by atoms with E-state index in [0.717, 1.165) is 0 Å². The van der Waals surface area contributed by atoms with Crippen molar-refractivity contribution < 1.29 is 19.2 Å². The van der Waals surface area contributed by atoms with Crippen LogP contribution in [-0.4, -0.2) is 23.2 Å². The summed E-state index contributed by atoms with van der Waals surface area (Å²) in [6.07, 6.45) is -0.342. The van der Waals surface area contributed by atoms with Crippen LogP contribution in [0, 0.1) is 10.1 Å². The number of anilines is 1. The molecule has 7 heteroatoms. The minimum absolute atomic E-state index is 0.106. The number of nitro groups is 1. The predicted octanol–water partition coefficient (Wildman–Crippen LogP) is 3.21. The van der Waals surface area contributed by atoms with E-state index in [-0.39, 0.29) is 17.7 Å². The minimum atomic E-state index is -0.549. The molecule has 1 N–H and O–H groups in total. The maximum Gasteiger partial charge on any atom is 0.269 e. The number of ether oxygens (including phenoxy) is 1. The molecule has 0 spiro atoms. The van der Waals surface area contributed by atoms with Crippen molar-refractivity contribution in [1.29, 1.82) is 0 Å². The lowest BCUT2D eigenvalue weighted by molar-refractivity contribution is -0.384. The van der Waals surface area contributed by atoms with Gasteiger partial charge in [-0.15, -0.1) is 0 Å². The number of benzene rings is 2. The highest BCUT2D eigenvalue weighted by atomic mass is 16.6. The second kappa shape index (κ2) is 7.87. The maximum atomic E-state index is 12.0. The van der Waals surface area contributed by atoms with E-state index in [4.69, 9.17) is 4.74 Å². The SMILES string of the molecule is CCOc1ccc(NC(=O)CC(=O)c2ccc([N+](=O)[O-])cc2)cc1. The van der Waals surface area contributed by atoms with Gasteiger partial charge in [0.05, 0.1) is 18.0 Å². The zero-order valence-electron chi connectivity index (χ0n) is 13.0. The van der Waals surface area contributed by atoms with E-state index in [9.17, 15) is 19.7 Å². The number of amides is 1. The van der Waals surface area contributed by atoms with E-state index in [2.05, 4.69) is 5.32 Å². The predicted molar refractivity (Wildman–Crippen MR) is 88.3 cm³/mol. The standard InChI is InChI=1S/C17H16N2O5/c1-2-24-15-9-5-13(6-10-15)18-17(21)11-16(20)12-3-7-14(8-4-12)19(22)23/h3-10H,2,11H2,1H3,(H,18,21). The number of nitrogens with one attached hydrogen (secondary N) is 1. The second-order valence-corrected chi connectivity index (χ2v) is 4.91. The van der Waals surface area contributed by atoms with Crippen molar-refractivity contribution in [1.82, 2.24) is 0 Å². The number of nitro benzene ring substituents is 1. The van der Waals surface area contributed by atoms with Crippen molar-refractivity contribution in [2.45, 2.75) is 13.3 Å². The minimum Gasteiger partial charge on any atom is -0.494 e. The van der Waals surface area contributed by atoms with Gasteiger partial charge < -0.3 is 10.1 Å². The van der Waals surface area contributed by atoms with Gasteiger partial charge >= 0.3 is 0 Å². The van der Waals surface area contributed by atoms with Crippen molar-refractivity contribution >= 4 is 23.1 Å². The molecule has 24 heavy (non-hydrogen) atoms. The van der Waals surface area contributed by atoms with Gasteiger partial charge in [0.1, 0.15) is 5.75 Å². The topological polar surface area (TPSA) is 98.5 Å². The molecule has 124 valence electrons. The van der Waals surface area contributed by atoms with E-state index in [1.807, 2.05) is 6.92 Å². The smallest absolute Gasteiger partial charge is 0.269 e. The molecule has 0 atom stereocenters. The average molecular weight is 328 g/mol. The molecule has 0 saturated heterocycles. The zero-order chi connectivity index (χ0) is 17.5. The number of rotatable bonds is 7. The van der Waals surface area contributed by atoms with Gasteiger partial charge in [0, 0.05) is 23.4 Å². The second-order valence-electron chi connectivity index (χ2n) is 4.91. The Morgan fingerprint density at radius 3 is 2.25 bits per heavy atom. The first-order valence-electron chi connectivity index (χ1n) is 7.30. The molecule has 0 aliphatic rings. The van der Waals surface area contributed by atoms with Crippen molar-refractivity contribution in [3.05, 3.63) is 64.2 Å². The largest absolute Gasteiger partial charge is 0.494 e. The molecule has 7 nitrogen and oxygen atoms in total. The fourth-order valence-electron chi connectivity index (χ4n) is 2.02. The van der Waals surface area contributed by atoms with Crippen LogP contribution in [0.25, 0.3) is 0 Å². The number of carbonyl (C=O) groups is 2. The number of ketones is 1. The normalized spacial score (nSPS) is 10.0. The third-order valence-corrected chi connectivity index (χ3v) is 3.17. The Hall–Kier alpha value is -3.22. The molecule has 0 fully saturated rings. The number of hydrogen-bond donors (Lipinski definition) is 1. The summed E-state index contributed by atoms with van der Waals surface area (Å²) in [4.78, 5) is 34.0. The molecule has 2 aromatic rings. The first kappa shape index (κ1) is 17.1. The highest BCUT2D eigenvalue weighted by Gasteiger charge is 2.13. The lowest BCUT2D eigenvalue weighted by atomic mass is 10.1. The van der Waals surface area contributed by atoms with Crippen molar-refractivity contribution in [2.24, 2.45) is 0 Å². The average Bonchev–Trinajstić information content (AvgIpc) is 2.57. The molecule has 1 amide bonds. The van der Waals surface area contributed by atoms with Crippen LogP contribution in [-0.2, 0) is 4.79 Å². The number of Topliss-reactive ketones (excluding diaryl/α,β-unsaturated/α-hetero) is 1. The quantitative estimate of drug-likeness (QED) is 0.364. The van der Waals surface area contributed by atoms with E-state index < -0.39 is 16.6 Å². The number of non-ortho nitro benzene ring substituents is 1. The van der Waals surface area contributed by atoms with Crippen LogP contribution in [0.3, 0.4) is 0 Å². The van der Waals surface area contributed by atoms with Crippen LogP contribution in [0.15, 0.2) is 48.5 Å². The summed E-state index contributed by atoms with van der Waals surface area (Å²) < 4.78 is 5.30. The van der Waals surface area contributed by atoms with Gasteiger partial charge in [-0.25, -0.2) is 0 Å². The maximum absolute atomic E-state index is 12.0. The molecule has 0 aliphatic heterocycles. The van der Waals surface area contributed by atoms with Crippen LogP contribution in [0.4, 0.5) is 11.4 Å². The Kier molecular flexibility index (Phi) is 5.62. The molecule has 0 unspecified atom stereocenters. The molecular weight excluding hydrogens is 312 g/mol. The molecule has 0 aromatic heterocycles. The monoisotopic (exact) mass is 328 g/mol. The Morgan fingerprint density at radius 1 is 1.08 bits per heavy atom.